The minimum absolute atomic E-state index is 0.513. The quantitative estimate of drug-likeness (QED) is 0.864. The first-order valence-electron chi connectivity index (χ1n) is 7.36. The van der Waals surface area contributed by atoms with Crippen molar-refractivity contribution in [2.45, 2.75) is 51.0 Å². The molecule has 1 aliphatic carbocycles. The van der Waals surface area contributed by atoms with E-state index in [4.69, 9.17) is 0 Å². The highest BCUT2D eigenvalue weighted by atomic mass is 16.3. The second-order valence-electron chi connectivity index (χ2n) is 5.74. The fourth-order valence-electron chi connectivity index (χ4n) is 3.94. The molecule has 1 fully saturated rings. The molecule has 2 nitrogen and oxygen atoms in total. The SMILES string of the molecule is CCCN1CCC[C@H]2c3cccc(O)c3CCC21. The van der Waals surface area contributed by atoms with Gasteiger partial charge in [0.15, 0.2) is 0 Å². The van der Waals surface area contributed by atoms with Crippen LogP contribution in [0.4, 0.5) is 0 Å². The lowest BCUT2D eigenvalue weighted by atomic mass is 9.74. The van der Waals surface area contributed by atoms with Gasteiger partial charge in [0.2, 0.25) is 0 Å². The standard InChI is InChI=1S/C16H23NO/c1-2-10-17-11-4-6-13-12-5-3-7-16(18)14(12)8-9-15(13)17/h3,5,7,13,15,18H,2,4,6,8-11H2,1H3/t13-,15?/m0/s1. The first-order chi connectivity index (χ1) is 8.81. The molecule has 1 heterocycles. The van der Waals surface area contributed by atoms with Crippen molar-refractivity contribution in [1.29, 1.82) is 0 Å². The summed E-state index contributed by atoms with van der Waals surface area (Å²) >= 11 is 0. The molecule has 2 aliphatic rings. The van der Waals surface area contributed by atoms with E-state index in [1.54, 1.807) is 0 Å². The molecule has 2 heteroatoms. The minimum Gasteiger partial charge on any atom is -0.508 e. The van der Waals surface area contributed by atoms with Crippen LogP contribution < -0.4 is 0 Å². The molecule has 1 aromatic rings. The van der Waals surface area contributed by atoms with Crippen LogP contribution in [-0.4, -0.2) is 29.1 Å². The zero-order valence-corrected chi connectivity index (χ0v) is 11.2. The van der Waals surface area contributed by atoms with E-state index in [0.717, 1.165) is 6.42 Å². The van der Waals surface area contributed by atoms with Gasteiger partial charge in [-0.25, -0.2) is 0 Å². The summed E-state index contributed by atoms with van der Waals surface area (Å²) in [4.78, 5) is 2.68. The molecule has 0 aromatic heterocycles. The number of benzene rings is 1. The van der Waals surface area contributed by atoms with Crippen LogP contribution >= 0.6 is 0 Å². The summed E-state index contributed by atoms with van der Waals surface area (Å²) in [6.07, 6.45) is 6.10. The van der Waals surface area contributed by atoms with E-state index in [-0.39, 0.29) is 0 Å². The topological polar surface area (TPSA) is 23.5 Å². The second kappa shape index (κ2) is 4.93. The Balaban J connectivity index is 1.92. The van der Waals surface area contributed by atoms with Crippen LogP contribution in [0.5, 0.6) is 5.75 Å². The first-order valence-corrected chi connectivity index (χ1v) is 7.36. The molecule has 3 rings (SSSR count). The van der Waals surface area contributed by atoms with Crippen LogP contribution in [0.3, 0.4) is 0 Å². The average Bonchev–Trinajstić information content (AvgIpc) is 2.40. The maximum Gasteiger partial charge on any atom is 0.119 e. The summed E-state index contributed by atoms with van der Waals surface area (Å²) in [5.41, 5.74) is 2.64. The Morgan fingerprint density at radius 1 is 1.33 bits per heavy atom. The monoisotopic (exact) mass is 245 g/mol. The Morgan fingerprint density at radius 2 is 2.22 bits per heavy atom. The third-order valence-electron chi connectivity index (χ3n) is 4.68. The zero-order chi connectivity index (χ0) is 12.5. The number of fused-ring (bicyclic) bond motifs is 3. The van der Waals surface area contributed by atoms with Gasteiger partial charge in [-0.05, 0) is 68.3 Å². The maximum atomic E-state index is 10.0. The largest absolute Gasteiger partial charge is 0.508 e. The smallest absolute Gasteiger partial charge is 0.119 e. The van der Waals surface area contributed by atoms with Crippen molar-refractivity contribution in [2.24, 2.45) is 0 Å². The summed E-state index contributed by atoms with van der Waals surface area (Å²) in [7, 11) is 0. The van der Waals surface area contributed by atoms with Crippen molar-refractivity contribution >= 4 is 0 Å². The molecule has 2 atom stereocenters. The Morgan fingerprint density at radius 3 is 3.06 bits per heavy atom. The third kappa shape index (κ3) is 1.93. The number of rotatable bonds is 2. The van der Waals surface area contributed by atoms with E-state index in [9.17, 15) is 5.11 Å². The summed E-state index contributed by atoms with van der Waals surface area (Å²) in [6, 6.07) is 6.80. The van der Waals surface area contributed by atoms with Crippen molar-refractivity contribution in [3.05, 3.63) is 29.3 Å². The lowest BCUT2D eigenvalue weighted by Gasteiger charge is -2.45. The van der Waals surface area contributed by atoms with E-state index in [1.807, 2.05) is 12.1 Å². The van der Waals surface area contributed by atoms with E-state index in [2.05, 4.69) is 17.9 Å². The van der Waals surface area contributed by atoms with Gasteiger partial charge in [0.1, 0.15) is 5.75 Å². The van der Waals surface area contributed by atoms with Gasteiger partial charge in [-0.1, -0.05) is 19.1 Å². The van der Waals surface area contributed by atoms with Crippen molar-refractivity contribution in [2.75, 3.05) is 13.1 Å². The molecule has 1 aliphatic heterocycles. The van der Waals surface area contributed by atoms with Crippen LogP contribution in [0.1, 0.15) is 49.7 Å². The molecule has 0 spiro atoms. The molecule has 0 amide bonds. The Kier molecular flexibility index (Phi) is 3.29. The molecule has 0 bridgehead atoms. The lowest BCUT2D eigenvalue weighted by molar-refractivity contribution is 0.112. The number of hydrogen-bond donors (Lipinski definition) is 1. The molecule has 18 heavy (non-hydrogen) atoms. The van der Waals surface area contributed by atoms with Crippen LogP contribution in [0.25, 0.3) is 0 Å². The van der Waals surface area contributed by atoms with Crippen molar-refractivity contribution < 1.29 is 5.11 Å². The van der Waals surface area contributed by atoms with Gasteiger partial charge in [-0.15, -0.1) is 0 Å². The summed E-state index contributed by atoms with van der Waals surface area (Å²) < 4.78 is 0. The molecular weight excluding hydrogens is 222 g/mol. The summed E-state index contributed by atoms with van der Waals surface area (Å²) in [5, 5.41) is 10.0. The summed E-state index contributed by atoms with van der Waals surface area (Å²) in [5.74, 6) is 1.17. The van der Waals surface area contributed by atoms with Gasteiger partial charge >= 0.3 is 0 Å². The highest BCUT2D eigenvalue weighted by Gasteiger charge is 2.36. The van der Waals surface area contributed by atoms with Crippen LogP contribution in [0.15, 0.2) is 18.2 Å². The molecule has 1 saturated heterocycles. The van der Waals surface area contributed by atoms with Crippen LogP contribution in [0.2, 0.25) is 0 Å². The number of phenolic OH excluding ortho intramolecular Hbond substituents is 1. The average molecular weight is 245 g/mol. The molecule has 98 valence electrons. The highest BCUT2D eigenvalue weighted by Crippen LogP contribution is 2.42. The fraction of sp³-hybridized carbons (Fsp3) is 0.625. The molecule has 1 aromatic carbocycles. The number of hydrogen-bond acceptors (Lipinski definition) is 2. The number of aromatic hydroxyl groups is 1. The fourth-order valence-corrected chi connectivity index (χ4v) is 3.94. The second-order valence-corrected chi connectivity index (χ2v) is 5.74. The molecule has 0 saturated carbocycles. The molecule has 1 N–H and O–H groups in total. The van der Waals surface area contributed by atoms with E-state index < -0.39 is 0 Å². The predicted molar refractivity (Wildman–Crippen MR) is 74.1 cm³/mol. The number of nitrogens with zero attached hydrogens (tertiary/aromatic N) is 1. The Bertz CT molecular complexity index is 427. The van der Waals surface area contributed by atoms with E-state index in [0.29, 0.717) is 17.7 Å². The summed E-state index contributed by atoms with van der Waals surface area (Å²) in [6.45, 7) is 4.77. The Hall–Kier alpha value is -1.02. The number of piperidine rings is 1. The Labute approximate surface area is 110 Å². The molecule has 1 unspecified atom stereocenters. The van der Waals surface area contributed by atoms with Gasteiger partial charge in [-0.3, -0.25) is 4.90 Å². The van der Waals surface area contributed by atoms with E-state index >= 15 is 0 Å². The van der Waals surface area contributed by atoms with Gasteiger partial charge < -0.3 is 5.11 Å². The first kappa shape index (κ1) is 12.0. The van der Waals surface area contributed by atoms with Gasteiger partial charge in [0.25, 0.3) is 0 Å². The van der Waals surface area contributed by atoms with Gasteiger partial charge in [0.05, 0.1) is 0 Å². The lowest BCUT2D eigenvalue weighted by Crippen LogP contribution is -2.46. The van der Waals surface area contributed by atoms with E-state index in [1.165, 1.54) is 49.9 Å². The van der Waals surface area contributed by atoms with Crippen molar-refractivity contribution in [3.8, 4) is 5.75 Å². The van der Waals surface area contributed by atoms with Crippen molar-refractivity contribution in [3.63, 3.8) is 0 Å². The highest BCUT2D eigenvalue weighted by molar-refractivity contribution is 5.44. The van der Waals surface area contributed by atoms with Gasteiger partial charge in [0, 0.05) is 6.04 Å². The predicted octanol–water partition coefficient (Wildman–Crippen LogP) is 3.30. The van der Waals surface area contributed by atoms with Crippen LogP contribution in [0, 0.1) is 0 Å². The van der Waals surface area contributed by atoms with Crippen molar-refractivity contribution in [1.82, 2.24) is 4.90 Å². The molecule has 0 radical (unpaired) electrons. The zero-order valence-electron chi connectivity index (χ0n) is 11.2. The third-order valence-corrected chi connectivity index (χ3v) is 4.68. The number of likely N-dealkylation sites (tertiary alicyclic amines) is 1. The number of phenols is 1. The minimum atomic E-state index is 0.513. The maximum absolute atomic E-state index is 10.0. The van der Waals surface area contributed by atoms with Crippen LogP contribution in [-0.2, 0) is 6.42 Å². The normalized spacial score (nSPS) is 27.6. The van der Waals surface area contributed by atoms with Gasteiger partial charge in [-0.2, -0.15) is 0 Å². The molecular formula is C16H23NO.